The second kappa shape index (κ2) is 12.3. The summed E-state index contributed by atoms with van der Waals surface area (Å²) in [6, 6.07) is 9.07. The molecule has 3 heterocycles. The maximum Gasteiger partial charge on any atom is 0.323 e. The van der Waals surface area contributed by atoms with Gasteiger partial charge in [0.2, 0.25) is 0 Å². The summed E-state index contributed by atoms with van der Waals surface area (Å²) in [4.78, 5) is 19.8. The fraction of sp³-hybridized carbons (Fsp3) is 0.367. The summed E-state index contributed by atoms with van der Waals surface area (Å²) in [5.41, 5.74) is 3.17. The maximum absolute atomic E-state index is 14.3. The van der Waals surface area contributed by atoms with Gasteiger partial charge < -0.3 is 15.4 Å². The molecule has 1 saturated heterocycles. The van der Waals surface area contributed by atoms with Gasteiger partial charge in [0.15, 0.2) is 23.1 Å². The number of carbonyl (C=O) groups is 1. The highest BCUT2D eigenvalue weighted by molar-refractivity contribution is 6.00. The Morgan fingerprint density at radius 2 is 1.76 bits per heavy atom. The van der Waals surface area contributed by atoms with E-state index in [1.54, 1.807) is 12.1 Å². The number of amides is 2. The lowest BCUT2D eigenvalue weighted by Gasteiger charge is -2.26. The molecule has 0 spiro atoms. The van der Waals surface area contributed by atoms with E-state index in [-0.39, 0.29) is 5.92 Å². The Bertz CT molecular complexity index is 1550. The molecule has 41 heavy (non-hydrogen) atoms. The van der Waals surface area contributed by atoms with Crippen LogP contribution >= 0.6 is 0 Å². The second-order valence-electron chi connectivity index (χ2n) is 10.5. The van der Waals surface area contributed by atoms with Gasteiger partial charge in [-0.2, -0.15) is 5.10 Å². The zero-order chi connectivity index (χ0) is 29.1. The summed E-state index contributed by atoms with van der Waals surface area (Å²) in [7, 11) is 0. The molecule has 0 aliphatic carbocycles. The van der Waals surface area contributed by atoms with Gasteiger partial charge in [0.1, 0.15) is 0 Å². The number of pyridine rings is 1. The van der Waals surface area contributed by atoms with Crippen LogP contribution in [0.1, 0.15) is 37.4 Å². The van der Waals surface area contributed by atoms with Crippen LogP contribution in [-0.4, -0.2) is 58.5 Å². The molecule has 0 radical (unpaired) electrons. The molecule has 1 aliphatic heterocycles. The normalized spacial score (nSPS) is 14.1. The van der Waals surface area contributed by atoms with Crippen molar-refractivity contribution in [1.82, 2.24) is 19.7 Å². The first-order valence-electron chi connectivity index (χ1n) is 13.7. The van der Waals surface area contributed by atoms with Crippen LogP contribution in [0.3, 0.4) is 0 Å². The van der Waals surface area contributed by atoms with E-state index in [0.29, 0.717) is 11.8 Å². The lowest BCUT2D eigenvalue weighted by molar-refractivity contribution is 0.0368. The average Bonchev–Trinajstić information content (AvgIpc) is 3.38. The molecule has 11 heteroatoms. The second-order valence-corrected chi connectivity index (χ2v) is 10.5. The van der Waals surface area contributed by atoms with Gasteiger partial charge in [-0.15, -0.1) is 0 Å². The van der Waals surface area contributed by atoms with Crippen molar-refractivity contribution >= 4 is 28.4 Å². The van der Waals surface area contributed by atoms with Crippen molar-refractivity contribution in [3.05, 3.63) is 71.3 Å². The van der Waals surface area contributed by atoms with Gasteiger partial charge >= 0.3 is 6.03 Å². The number of urea groups is 1. The van der Waals surface area contributed by atoms with E-state index in [4.69, 9.17) is 9.72 Å². The van der Waals surface area contributed by atoms with E-state index in [0.717, 1.165) is 80.6 Å². The minimum Gasteiger partial charge on any atom is -0.379 e. The Balaban J connectivity index is 1.32. The molecule has 0 saturated carbocycles. The van der Waals surface area contributed by atoms with Crippen molar-refractivity contribution < 1.29 is 22.7 Å². The molecule has 2 aromatic carbocycles. The number of aromatic nitrogens is 3. The number of rotatable bonds is 8. The van der Waals surface area contributed by atoms with Gasteiger partial charge in [0, 0.05) is 54.6 Å². The Morgan fingerprint density at radius 3 is 2.46 bits per heavy atom. The highest BCUT2D eigenvalue weighted by Gasteiger charge is 2.18. The number of aryl methyl sites for hydroxylation is 1. The first kappa shape index (κ1) is 28.6. The largest absolute Gasteiger partial charge is 0.379 e. The van der Waals surface area contributed by atoms with Gasteiger partial charge in [-0.1, -0.05) is 26.0 Å². The summed E-state index contributed by atoms with van der Waals surface area (Å²) in [5.74, 6) is -3.35. The summed E-state index contributed by atoms with van der Waals surface area (Å²) in [5, 5.41) is 10.4. The van der Waals surface area contributed by atoms with Crippen molar-refractivity contribution in [3.63, 3.8) is 0 Å². The van der Waals surface area contributed by atoms with E-state index in [1.165, 1.54) is 0 Å². The number of hydrogen-bond acceptors (Lipinski definition) is 5. The van der Waals surface area contributed by atoms with Crippen molar-refractivity contribution in [2.45, 2.75) is 39.7 Å². The molecule has 4 aromatic rings. The van der Waals surface area contributed by atoms with E-state index in [1.807, 2.05) is 23.0 Å². The van der Waals surface area contributed by atoms with Crippen LogP contribution in [0.5, 0.6) is 0 Å². The fourth-order valence-corrected chi connectivity index (χ4v) is 4.87. The van der Waals surface area contributed by atoms with Crippen LogP contribution in [0.2, 0.25) is 0 Å². The van der Waals surface area contributed by atoms with Crippen molar-refractivity contribution in [2.75, 3.05) is 43.5 Å². The van der Waals surface area contributed by atoms with Gasteiger partial charge in [0.05, 0.1) is 25.1 Å². The highest BCUT2D eigenvalue weighted by atomic mass is 19.2. The highest BCUT2D eigenvalue weighted by Crippen LogP contribution is 2.32. The number of benzene rings is 2. The zero-order valence-electron chi connectivity index (χ0n) is 23.3. The monoisotopic (exact) mass is 566 g/mol. The van der Waals surface area contributed by atoms with E-state index in [9.17, 15) is 18.0 Å². The van der Waals surface area contributed by atoms with Gasteiger partial charge in [-0.3, -0.25) is 4.90 Å². The summed E-state index contributed by atoms with van der Waals surface area (Å²) in [6.45, 7) is 10.5. The van der Waals surface area contributed by atoms with Crippen LogP contribution in [-0.2, 0) is 11.3 Å². The summed E-state index contributed by atoms with van der Waals surface area (Å²) >= 11 is 0. The first-order chi connectivity index (χ1) is 19.7. The molecule has 0 unspecified atom stereocenters. The number of nitrogens with one attached hydrogen (secondary N) is 2. The van der Waals surface area contributed by atoms with Crippen molar-refractivity contribution in [3.8, 4) is 11.1 Å². The Morgan fingerprint density at radius 1 is 1.02 bits per heavy atom. The number of ether oxygens (including phenoxy) is 1. The lowest BCUT2D eigenvalue weighted by atomic mass is 9.99. The SMILES string of the molecule is Cc1c(F)c(F)cc(NC(=O)Nc2ccc(-c3cc(C(C)C)nc4c3cnn4CCCN3CCOCC3)cc2)c1F. The fourth-order valence-electron chi connectivity index (χ4n) is 4.87. The minimum atomic E-state index is -1.28. The van der Waals surface area contributed by atoms with Crippen LogP contribution in [0.4, 0.5) is 29.3 Å². The number of anilines is 2. The van der Waals surface area contributed by atoms with Crippen molar-refractivity contribution in [2.24, 2.45) is 0 Å². The topological polar surface area (TPSA) is 84.3 Å². The third-order valence-corrected chi connectivity index (χ3v) is 7.25. The van der Waals surface area contributed by atoms with Crippen LogP contribution in [0.25, 0.3) is 22.2 Å². The number of carbonyl (C=O) groups excluding carboxylic acids is 1. The van der Waals surface area contributed by atoms with E-state index in [2.05, 4.69) is 40.5 Å². The molecule has 1 fully saturated rings. The third-order valence-electron chi connectivity index (χ3n) is 7.25. The Labute approximate surface area is 236 Å². The molecular weight excluding hydrogens is 533 g/mol. The lowest BCUT2D eigenvalue weighted by Crippen LogP contribution is -2.37. The van der Waals surface area contributed by atoms with Crippen molar-refractivity contribution in [1.29, 1.82) is 0 Å². The maximum atomic E-state index is 14.3. The third kappa shape index (κ3) is 6.36. The predicted octanol–water partition coefficient (Wildman–Crippen LogP) is 6.31. The predicted molar refractivity (Wildman–Crippen MR) is 153 cm³/mol. The van der Waals surface area contributed by atoms with Gasteiger partial charge in [-0.05, 0) is 48.6 Å². The minimum absolute atomic E-state index is 0.208. The Hall–Kier alpha value is -3.96. The van der Waals surface area contributed by atoms with E-state index < -0.39 is 34.7 Å². The molecule has 0 bridgehead atoms. The van der Waals surface area contributed by atoms with Crippen LogP contribution in [0, 0.1) is 24.4 Å². The average molecular weight is 567 g/mol. The van der Waals surface area contributed by atoms with Gasteiger partial charge in [0.25, 0.3) is 0 Å². The summed E-state index contributed by atoms with van der Waals surface area (Å²) < 4.78 is 49.0. The number of fused-ring (bicyclic) bond motifs is 1. The number of hydrogen-bond donors (Lipinski definition) is 2. The van der Waals surface area contributed by atoms with E-state index >= 15 is 0 Å². The molecular formula is C30H33F3N6O2. The molecule has 1 aliphatic rings. The first-order valence-corrected chi connectivity index (χ1v) is 13.7. The number of morpholine rings is 1. The number of nitrogens with zero attached hydrogens (tertiary/aromatic N) is 4. The Kier molecular flexibility index (Phi) is 8.55. The number of halogens is 3. The van der Waals surface area contributed by atoms with Crippen LogP contribution < -0.4 is 10.6 Å². The molecule has 5 rings (SSSR count). The molecule has 8 nitrogen and oxygen atoms in total. The molecule has 0 atom stereocenters. The molecule has 2 aromatic heterocycles. The summed E-state index contributed by atoms with van der Waals surface area (Å²) in [6.07, 6.45) is 2.80. The van der Waals surface area contributed by atoms with Gasteiger partial charge in [-0.25, -0.2) is 27.6 Å². The zero-order valence-corrected chi connectivity index (χ0v) is 23.3. The van der Waals surface area contributed by atoms with Crippen LogP contribution in [0.15, 0.2) is 42.6 Å². The molecule has 2 N–H and O–H groups in total. The quantitative estimate of drug-likeness (QED) is 0.244. The standard InChI is InChI=1S/C30H33F3N6O2/c1-18(2)25-15-22(23-17-34-39(29(23)36-25)10-4-9-38-11-13-41-14-12-38)20-5-7-21(8-6-20)35-30(40)37-26-16-24(31)27(32)19(3)28(26)33/h5-8,15-18H,4,9-14H2,1-3H3,(H2,35,37,40). The molecule has 2 amide bonds. The molecule has 216 valence electrons. The smallest absolute Gasteiger partial charge is 0.323 e.